The van der Waals surface area contributed by atoms with Crippen LogP contribution in [0.2, 0.25) is 0 Å². The molecule has 0 radical (unpaired) electrons. The Bertz CT molecular complexity index is 812. The summed E-state index contributed by atoms with van der Waals surface area (Å²) >= 11 is 1.56. The Morgan fingerprint density at radius 3 is 2.70 bits per heavy atom. The quantitative estimate of drug-likeness (QED) is 0.710. The number of likely N-dealkylation sites (tertiary alicyclic amines) is 1. The molecular formula is C20H27N3O3S. The average Bonchev–Trinajstić information content (AvgIpc) is 3.05. The van der Waals surface area contributed by atoms with Crippen molar-refractivity contribution in [2.75, 3.05) is 37.7 Å². The fourth-order valence-electron chi connectivity index (χ4n) is 3.42. The van der Waals surface area contributed by atoms with Crippen molar-refractivity contribution in [1.82, 2.24) is 9.88 Å². The summed E-state index contributed by atoms with van der Waals surface area (Å²) in [5, 5.41) is 0.754. The fourth-order valence-corrected chi connectivity index (χ4v) is 4.56. The van der Waals surface area contributed by atoms with Gasteiger partial charge in [0, 0.05) is 6.54 Å². The average molecular weight is 390 g/mol. The van der Waals surface area contributed by atoms with E-state index in [2.05, 4.69) is 22.9 Å². The normalized spacial score (nSPS) is 15.8. The first-order chi connectivity index (χ1) is 13.0. The number of hydrogen-bond donors (Lipinski definition) is 0. The number of ether oxygens (including phenoxy) is 1. The van der Waals surface area contributed by atoms with E-state index in [9.17, 15) is 9.59 Å². The molecule has 1 aromatic heterocycles. The number of nitrogens with zero attached hydrogens (tertiary/aromatic N) is 3. The monoisotopic (exact) mass is 389 g/mol. The van der Waals surface area contributed by atoms with Gasteiger partial charge in [0.25, 0.3) is 0 Å². The Morgan fingerprint density at radius 1 is 1.30 bits per heavy atom. The third-order valence-electron chi connectivity index (χ3n) is 4.95. The Hall–Kier alpha value is -1.99. The van der Waals surface area contributed by atoms with Gasteiger partial charge in [-0.3, -0.25) is 19.4 Å². The van der Waals surface area contributed by atoms with E-state index >= 15 is 0 Å². The number of fused-ring (bicyclic) bond motifs is 1. The maximum atomic E-state index is 12.9. The zero-order valence-corrected chi connectivity index (χ0v) is 17.1. The van der Waals surface area contributed by atoms with E-state index in [0.717, 1.165) is 41.3 Å². The van der Waals surface area contributed by atoms with Crippen molar-refractivity contribution in [1.29, 1.82) is 0 Å². The number of aryl methyl sites for hydroxylation is 1. The first-order valence-electron chi connectivity index (χ1n) is 9.58. The molecule has 146 valence electrons. The molecule has 6 nitrogen and oxygen atoms in total. The maximum absolute atomic E-state index is 12.9. The molecule has 0 aliphatic carbocycles. The summed E-state index contributed by atoms with van der Waals surface area (Å²) in [6.45, 7) is 8.72. The summed E-state index contributed by atoms with van der Waals surface area (Å²) in [4.78, 5) is 33.2. The SMILES string of the molecule is CCOC(=O)C1CCN(CC(=O)N(CC)c2nc3ccc(C)cc3s2)CC1. The van der Waals surface area contributed by atoms with Crippen LogP contribution in [0, 0.1) is 12.8 Å². The molecule has 1 aliphatic rings. The van der Waals surface area contributed by atoms with Gasteiger partial charge in [-0.2, -0.15) is 0 Å². The van der Waals surface area contributed by atoms with Crippen molar-refractivity contribution < 1.29 is 14.3 Å². The van der Waals surface area contributed by atoms with Gasteiger partial charge in [0.15, 0.2) is 5.13 Å². The van der Waals surface area contributed by atoms with Crippen LogP contribution in [0.25, 0.3) is 10.2 Å². The zero-order chi connectivity index (χ0) is 19.4. The molecule has 1 amide bonds. The molecule has 1 fully saturated rings. The van der Waals surface area contributed by atoms with Crippen molar-refractivity contribution >= 4 is 38.6 Å². The highest BCUT2D eigenvalue weighted by atomic mass is 32.1. The molecule has 2 heterocycles. The molecule has 27 heavy (non-hydrogen) atoms. The van der Waals surface area contributed by atoms with E-state index in [4.69, 9.17) is 4.74 Å². The third-order valence-corrected chi connectivity index (χ3v) is 5.99. The van der Waals surface area contributed by atoms with Crippen LogP contribution in [0.3, 0.4) is 0 Å². The Kier molecular flexibility index (Phi) is 6.44. The van der Waals surface area contributed by atoms with Crippen LogP contribution >= 0.6 is 11.3 Å². The van der Waals surface area contributed by atoms with Crippen molar-refractivity contribution in [2.45, 2.75) is 33.6 Å². The predicted octanol–water partition coefficient (Wildman–Crippen LogP) is 3.23. The highest BCUT2D eigenvalue weighted by molar-refractivity contribution is 7.22. The highest BCUT2D eigenvalue weighted by Crippen LogP contribution is 2.29. The molecule has 1 saturated heterocycles. The zero-order valence-electron chi connectivity index (χ0n) is 16.2. The smallest absolute Gasteiger partial charge is 0.309 e. The molecule has 0 spiro atoms. The third kappa shape index (κ3) is 4.65. The lowest BCUT2D eigenvalue weighted by atomic mass is 9.97. The van der Waals surface area contributed by atoms with Crippen molar-refractivity contribution in [3.05, 3.63) is 23.8 Å². The summed E-state index contributed by atoms with van der Waals surface area (Å²) in [5.41, 5.74) is 2.12. The number of amides is 1. The maximum Gasteiger partial charge on any atom is 0.309 e. The molecule has 0 saturated carbocycles. The number of aromatic nitrogens is 1. The van der Waals surface area contributed by atoms with Crippen LogP contribution in [-0.4, -0.2) is 54.5 Å². The summed E-state index contributed by atoms with van der Waals surface area (Å²) < 4.78 is 6.21. The second-order valence-electron chi connectivity index (χ2n) is 6.91. The minimum absolute atomic E-state index is 0.0360. The predicted molar refractivity (Wildman–Crippen MR) is 108 cm³/mol. The molecule has 1 aromatic carbocycles. The van der Waals surface area contributed by atoms with Crippen molar-refractivity contribution in [3.8, 4) is 0 Å². The van der Waals surface area contributed by atoms with E-state index in [-0.39, 0.29) is 17.8 Å². The van der Waals surface area contributed by atoms with E-state index in [1.54, 1.807) is 16.2 Å². The van der Waals surface area contributed by atoms with Gasteiger partial charge in [-0.1, -0.05) is 17.4 Å². The summed E-state index contributed by atoms with van der Waals surface area (Å²) in [5.74, 6) is -0.0858. The molecule has 0 bridgehead atoms. The van der Waals surface area contributed by atoms with Crippen molar-refractivity contribution in [2.24, 2.45) is 5.92 Å². The largest absolute Gasteiger partial charge is 0.466 e. The first-order valence-corrected chi connectivity index (χ1v) is 10.4. The van der Waals surface area contributed by atoms with Gasteiger partial charge in [0.2, 0.25) is 5.91 Å². The van der Waals surface area contributed by atoms with Gasteiger partial charge < -0.3 is 4.74 Å². The summed E-state index contributed by atoms with van der Waals surface area (Å²) in [6.07, 6.45) is 1.50. The van der Waals surface area contributed by atoms with Gasteiger partial charge in [-0.15, -0.1) is 0 Å². The molecule has 7 heteroatoms. The number of likely N-dealkylation sites (N-methyl/N-ethyl adjacent to an activating group) is 1. The number of benzene rings is 1. The van der Waals surface area contributed by atoms with E-state index < -0.39 is 0 Å². The Balaban J connectivity index is 1.61. The van der Waals surface area contributed by atoms with Crippen molar-refractivity contribution in [3.63, 3.8) is 0 Å². The molecule has 1 aliphatic heterocycles. The number of rotatable bonds is 6. The molecule has 0 N–H and O–H groups in total. The molecule has 0 atom stereocenters. The number of esters is 1. The van der Waals surface area contributed by atoms with Crippen LogP contribution in [-0.2, 0) is 14.3 Å². The molecule has 3 rings (SSSR count). The topological polar surface area (TPSA) is 62.7 Å². The Labute approximate surface area is 164 Å². The number of thiazole rings is 1. The number of hydrogen-bond acceptors (Lipinski definition) is 6. The highest BCUT2D eigenvalue weighted by Gasteiger charge is 2.28. The molecule has 0 unspecified atom stereocenters. The van der Waals surface area contributed by atoms with E-state index in [1.165, 1.54) is 5.56 Å². The minimum Gasteiger partial charge on any atom is -0.466 e. The number of carbonyl (C=O) groups excluding carboxylic acids is 2. The van der Waals surface area contributed by atoms with Crippen LogP contribution in [0.15, 0.2) is 18.2 Å². The van der Waals surface area contributed by atoms with Gasteiger partial charge in [-0.25, -0.2) is 4.98 Å². The van der Waals surface area contributed by atoms with Crippen LogP contribution < -0.4 is 4.90 Å². The minimum atomic E-state index is -0.108. The van der Waals surface area contributed by atoms with Crippen LogP contribution in [0.1, 0.15) is 32.3 Å². The Morgan fingerprint density at radius 2 is 2.04 bits per heavy atom. The fraction of sp³-hybridized carbons (Fsp3) is 0.550. The van der Waals surface area contributed by atoms with Gasteiger partial charge in [-0.05, 0) is 64.4 Å². The molecular weight excluding hydrogens is 362 g/mol. The number of anilines is 1. The number of piperidine rings is 1. The van der Waals surface area contributed by atoms with E-state index in [1.807, 2.05) is 26.0 Å². The van der Waals surface area contributed by atoms with Crippen LogP contribution in [0.4, 0.5) is 5.13 Å². The number of carbonyl (C=O) groups is 2. The van der Waals surface area contributed by atoms with Gasteiger partial charge in [0.05, 0.1) is 29.3 Å². The lowest BCUT2D eigenvalue weighted by Crippen LogP contribution is -2.44. The lowest BCUT2D eigenvalue weighted by molar-refractivity contribution is -0.149. The molecule has 2 aromatic rings. The first kappa shape index (κ1) is 19.8. The lowest BCUT2D eigenvalue weighted by Gasteiger charge is -2.31. The van der Waals surface area contributed by atoms with Gasteiger partial charge in [0.1, 0.15) is 0 Å². The van der Waals surface area contributed by atoms with Crippen LogP contribution in [0.5, 0.6) is 0 Å². The standard InChI is InChI=1S/C20H27N3O3S/c1-4-23(20-21-16-7-6-14(3)12-17(16)27-20)18(24)13-22-10-8-15(9-11-22)19(25)26-5-2/h6-7,12,15H,4-5,8-11,13H2,1-3H3. The summed E-state index contributed by atoms with van der Waals surface area (Å²) in [6, 6.07) is 6.15. The second kappa shape index (κ2) is 8.80. The van der Waals surface area contributed by atoms with E-state index in [0.29, 0.717) is 19.7 Å². The summed E-state index contributed by atoms with van der Waals surface area (Å²) in [7, 11) is 0. The second-order valence-corrected chi connectivity index (χ2v) is 7.92. The van der Waals surface area contributed by atoms with Gasteiger partial charge >= 0.3 is 5.97 Å².